The fourth-order valence-electron chi connectivity index (χ4n) is 1.38. The molecule has 0 amide bonds. The van der Waals surface area contributed by atoms with Crippen LogP contribution < -0.4 is 0 Å². The van der Waals surface area contributed by atoms with Crippen LogP contribution in [0.2, 0.25) is 0 Å². The molecule has 70 valence electrons. The second kappa shape index (κ2) is 3.79. The average molecular weight is 186 g/mol. The average Bonchev–Trinajstić information content (AvgIpc) is 2.68. The van der Waals surface area contributed by atoms with Crippen molar-refractivity contribution in [3.8, 4) is 5.69 Å². The van der Waals surface area contributed by atoms with Crippen LogP contribution >= 0.6 is 0 Å². The molecule has 3 heteroatoms. The number of oxime groups is 1. The number of rotatable bonds is 2. The predicted molar refractivity (Wildman–Crippen MR) is 55.1 cm³/mol. The lowest BCUT2D eigenvalue weighted by molar-refractivity contribution is 0.321. The van der Waals surface area contributed by atoms with E-state index in [4.69, 9.17) is 5.21 Å². The summed E-state index contributed by atoms with van der Waals surface area (Å²) in [4.78, 5) is 0. The number of benzene rings is 1. The molecule has 0 atom stereocenters. The van der Waals surface area contributed by atoms with Gasteiger partial charge in [-0.05, 0) is 24.3 Å². The van der Waals surface area contributed by atoms with Gasteiger partial charge in [-0.1, -0.05) is 23.4 Å². The van der Waals surface area contributed by atoms with Crippen molar-refractivity contribution in [3.63, 3.8) is 0 Å². The number of nitrogens with zero attached hydrogens (tertiary/aromatic N) is 2. The molecule has 0 radical (unpaired) electrons. The highest BCUT2D eigenvalue weighted by atomic mass is 16.4. The Morgan fingerprint density at radius 1 is 1.07 bits per heavy atom. The third-order valence-corrected chi connectivity index (χ3v) is 2.00. The Kier molecular flexibility index (Phi) is 2.32. The minimum Gasteiger partial charge on any atom is -0.411 e. The van der Waals surface area contributed by atoms with E-state index in [0.29, 0.717) is 0 Å². The number of para-hydroxylation sites is 1. The van der Waals surface area contributed by atoms with E-state index in [9.17, 15) is 0 Å². The zero-order valence-electron chi connectivity index (χ0n) is 7.54. The Labute approximate surface area is 81.9 Å². The van der Waals surface area contributed by atoms with Crippen LogP contribution in [0.25, 0.3) is 5.69 Å². The molecule has 1 heterocycles. The lowest BCUT2D eigenvalue weighted by Crippen LogP contribution is -1.96. The summed E-state index contributed by atoms with van der Waals surface area (Å²) in [5, 5.41) is 11.5. The molecular weight excluding hydrogens is 176 g/mol. The van der Waals surface area contributed by atoms with Crippen LogP contribution in [-0.2, 0) is 0 Å². The summed E-state index contributed by atoms with van der Waals surface area (Å²) in [7, 11) is 0. The smallest absolute Gasteiger partial charge is 0.0901 e. The summed E-state index contributed by atoms with van der Waals surface area (Å²) >= 11 is 0. The summed E-state index contributed by atoms with van der Waals surface area (Å²) in [5.41, 5.74) is 1.89. The maximum absolute atomic E-state index is 8.47. The molecule has 0 spiro atoms. The molecule has 3 nitrogen and oxygen atoms in total. The van der Waals surface area contributed by atoms with Gasteiger partial charge in [-0.25, -0.2) is 0 Å². The topological polar surface area (TPSA) is 37.5 Å². The molecule has 0 aliphatic rings. The highest BCUT2D eigenvalue weighted by Crippen LogP contribution is 2.10. The molecule has 0 saturated carbocycles. The second-order valence-electron chi connectivity index (χ2n) is 2.88. The first-order chi connectivity index (χ1) is 6.92. The van der Waals surface area contributed by atoms with Crippen molar-refractivity contribution in [2.75, 3.05) is 0 Å². The van der Waals surface area contributed by atoms with Gasteiger partial charge in [0.05, 0.1) is 11.9 Å². The van der Waals surface area contributed by atoms with Gasteiger partial charge in [-0.15, -0.1) is 0 Å². The van der Waals surface area contributed by atoms with Crippen molar-refractivity contribution in [2.24, 2.45) is 5.16 Å². The van der Waals surface area contributed by atoms with Gasteiger partial charge in [0.2, 0.25) is 0 Å². The van der Waals surface area contributed by atoms with Gasteiger partial charge in [0.15, 0.2) is 0 Å². The third kappa shape index (κ3) is 1.52. The minimum atomic E-state index is 0.846. The van der Waals surface area contributed by atoms with Crippen molar-refractivity contribution < 1.29 is 5.21 Å². The summed E-state index contributed by atoms with van der Waals surface area (Å²) in [6, 6.07) is 13.7. The van der Waals surface area contributed by atoms with Gasteiger partial charge in [0.25, 0.3) is 0 Å². The van der Waals surface area contributed by atoms with E-state index < -0.39 is 0 Å². The molecule has 0 saturated heterocycles. The molecule has 2 rings (SSSR count). The van der Waals surface area contributed by atoms with Crippen molar-refractivity contribution in [1.82, 2.24) is 4.57 Å². The number of hydrogen-bond donors (Lipinski definition) is 1. The third-order valence-electron chi connectivity index (χ3n) is 2.00. The first kappa shape index (κ1) is 8.56. The van der Waals surface area contributed by atoms with Crippen LogP contribution in [-0.4, -0.2) is 16.0 Å². The standard InChI is InChI=1S/C11H10N2O/c14-12-9-11-7-4-8-13(11)10-5-2-1-3-6-10/h1-9,14H/b12-9-. The van der Waals surface area contributed by atoms with Crippen LogP contribution in [0, 0.1) is 0 Å². The van der Waals surface area contributed by atoms with Gasteiger partial charge in [0.1, 0.15) is 0 Å². The van der Waals surface area contributed by atoms with Crippen LogP contribution in [0.15, 0.2) is 53.8 Å². The lowest BCUT2D eigenvalue weighted by Gasteiger charge is -2.04. The minimum absolute atomic E-state index is 0.846. The molecule has 2 aromatic rings. The maximum Gasteiger partial charge on any atom is 0.0901 e. The Hall–Kier alpha value is -2.03. The van der Waals surface area contributed by atoms with E-state index in [-0.39, 0.29) is 0 Å². The van der Waals surface area contributed by atoms with Crippen LogP contribution in [0.5, 0.6) is 0 Å². The normalized spacial score (nSPS) is 10.9. The highest BCUT2D eigenvalue weighted by molar-refractivity contribution is 5.78. The SMILES string of the molecule is O/N=C\c1cccn1-c1ccccc1. The van der Waals surface area contributed by atoms with Crippen LogP contribution in [0.1, 0.15) is 5.69 Å². The molecule has 0 bridgehead atoms. The van der Waals surface area contributed by atoms with Crippen LogP contribution in [0.4, 0.5) is 0 Å². The molecule has 1 N–H and O–H groups in total. The van der Waals surface area contributed by atoms with E-state index in [1.54, 1.807) is 0 Å². The molecule has 1 aromatic heterocycles. The van der Waals surface area contributed by atoms with Gasteiger partial charge >= 0.3 is 0 Å². The molecule has 0 aliphatic carbocycles. The Balaban J connectivity index is 2.47. The summed E-state index contributed by atoms with van der Waals surface area (Å²) in [6.45, 7) is 0. The van der Waals surface area contributed by atoms with Gasteiger partial charge < -0.3 is 9.77 Å². The molecular formula is C11H10N2O. The molecule has 1 aromatic carbocycles. The van der Waals surface area contributed by atoms with Crippen molar-refractivity contribution >= 4 is 6.21 Å². The number of hydrogen-bond acceptors (Lipinski definition) is 2. The zero-order chi connectivity index (χ0) is 9.80. The summed E-state index contributed by atoms with van der Waals surface area (Å²) in [5.74, 6) is 0. The first-order valence-electron chi connectivity index (χ1n) is 4.32. The predicted octanol–water partition coefficient (Wildman–Crippen LogP) is 2.29. The lowest BCUT2D eigenvalue weighted by atomic mass is 10.3. The molecule has 14 heavy (non-hydrogen) atoms. The Morgan fingerprint density at radius 3 is 2.57 bits per heavy atom. The largest absolute Gasteiger partial charge is 0.411 e. The van der Waals surface area contributed by atoms with Crippen molar-refractivity contribution in [1.29, 1.82) is 0 Å². The molecule has 0 fully saturated rings. The monoisotopic (exact) mass is 186 g/mol. The zero-order valence-corrected chi connectivity index (χ0v) is 7.54. The highest BCUT2D eigenvalue weighted by Gasteiger charge is 1.99. The summed E-state index contributed by atoms with van der Waals surface area (Å²) < 4.78 is 1.94. The quantitative estimate of drug-likeness (QED) is 0.436. The maximum atomic E-state index is 8.47. The van der Waals surface area contributed by atoms with Crippen molar-refractivity contribution in [2.45, 2.75) is 0 Å². The first-order valence-corrected chi connectivity index (χ1v) is 4.32. The molecule has 0 unspecified atom stereocenters. The Morgan fingerprint density at radius 2 is 1.86 bits per heavy atom. The van der Waals surface area contributed by atoms with Gasteiger partial charge in [0, 0.05) is 11.9 Å². The summed E-state index contributed by atoms with van der Waals surface area (Å²) in [6.07, 6.45) is 3.33. The van der Waals surface area contributed by atoms with Crippen molar-refractivity contribution in [3.05, 3.63) is 54.4 Å². The number of aromatic nitrogens is 1. The fraction of sp³-hybridized carbons (Fsp3) is 0. The molecule has 0 aliphatic heterocycles. The van der Waals surface area contributed by atoms with Gasteiger partial charge in [-0.2, -0.15) is 0 Å². The fourth-order valence-corrected chi connectivity index (χ4v) is 1.38. The van der Waals surface area contributed by atoms with Gasteiger partial charge in [-0.3, -0.25) is 0 Å². The van der Waals surface area contributed by atoms with E-state index in [0.717, 1.165) is 11.4 Å². The second-order valence-corrected chi connectivity index (χ2v) is 2.88. The van der Waals surface area contributed by atoms with Crippen LogP contribution in [0.3, 0.4) is 0 Å². The van der Waals surface area contributed by atoms with E-state index in [1.165, 1.54) is 6.21 Å². The Bertz CT molecular complexity index is 432. The van der Waals surface area contributed by atoms with E-state index >= 15 is 0 Å². The van der Waals surface area contributed by atoms with E-state index in [1.807, 2.05) is 53.2 Å². The van der Waals surface area contributed by atoms with E-state index in [2.05, 4.69) is 5.16 Å².